The van der Waals surface area contributed by atoms with Crippen LogP contribution in [0.5, 0.6) is 0 Å². The van der Waals surface area contributed by atoms with Crippen molar-refractivity contribution >= 4 is 19.8 Å². The number of ether oxygens (including phenoxy) is 2. The standard InChI is InChI=1S/C22H44NO8P/c1-6-7-8-9-10-11-12-13-14-15-22(25)31-21(18-28-20(2)24)19-30-32(26,27)29-17-16-23(3,4)5/h21H,6-19H2,1-5H3. The summed E-state index contributed by atoms with van der Waals surface area (Å²) in [7, 11) is 1.16. The quantitative estimate of drug-likeness (QED) is 0.112. The van der Waals surface area contributed by atoms with E-state index < -0.39 is 32.5 Å². The lowest BCUT2D eigenvalue weighted by Crippen LogP contribution is -2.37. The number of nitrogens with zero attached hydrogens (tertiary/aromatic N) is 1. The number of carbonyl (C=O) groups excluding carboxylic acids is 2. The van der Waals surface area contributed by atoms with Gasteiger partial charge in [0.15, 0.2) is 6.10 Å². The third kappa shape index (κ3) is 20.9. The number of unbranched alkanes of at least 4 members (excludes halogenated alkanes) is 8. The number of likely N-dealkylation sites (N-methyl/N-ethyl adjacent to an activating group) is 1. The largest absolute Gasteiger partial charge is 0.756 e. The van der Waals surface area contributed by atoms with Crippen LogP contribution in [0, 0.1) is 0 Å². The van der Waals surface area contributed by atoms with Crippen LogP contribution in [0.2, 0.25) is 0 Å². The molecule has 0 aliphatic heterocycles. The second kappa shape index (κ2) is 17.5. The van der Waals surface area contributed by atoms with E-state index in [4.69, 9.17) is 18.5 Å². The first-order valence-electron chi connectivity index (χ1n) is 11.7. The first-order valence-corrected chi connectivity index (χ1v) is 13.1. The summed E-state index contributed by atoms with van der Waals surface area (Å²) in [5.74, 6) is -1.03. The van der Waals surface area contributed by atoms with E-state index in [1.54, 1.807) is 0 Å². The molecule has 190 valence electrons. The van der Waals surface area contributed by atoms with Gasteiger partial charge in [-0.05, 0) is 6.42 Å². The molecule has 0 aliphatic rings. The van der Waals surface area contributed by atoms with E-state index in [-0.39, 0.29) is 19.6 Å². The van der Waals surface area contributed by atoms with Gasteiger partial charge in [-0.1, -0.05) is 58.3 Å². The molecule has 0 bridgehead atoms. The molecule has 0 rings (SSSR count). The van der Waals surface area contributed by atoms with Crippen molar-refractivity contribution in [3.8, 4) is 0 Å². The Morgan fingerprint density at radius 2 is 1.47 bits per heavy atom. The molecule has 0 spiro atoms. The number of hydrogen-bond donors (Lipinski definition) is 0. The van der Waals surface area contributed by atoms with E-state index in [0.29, 0.717) is 17.4 Å². The van der Waals surface area contributed by atoms with Crippen LogP contribution in [-0.2, 0) is 32.7 Å². The summed E-state index contributed by atoms with van der Waals surface area (Å²) in [5, 5.41) is 0. The number of quaternary nitrogens is 1. The van der Waals surface area contributed by atoms with Crippen molar-refractivity contribution in [3.63, 3.8) is 0 Å². The number of hydrogen-bond acceptors (Lipinski definition) is 8. The van der Waals surface area contributed by atoms with Crippen molar-refractivity contribution in [1.29, 1.82) is 0 Å². The van der Waals surface area contributed by atoms with Crippen molar-refractivity contribution in [2.24, 2.45) is 0 Å². The van der Waals surface area contributed by atoms with Gasteiger partial charge >= 0.3 is 11.9 Å². The zero-order valence-corrected chi connectivity index (χ0v) is 21.5. The van der Waals surface area contributed by atoms with Crippen LogP contribution in [0.3, 0.4) is 0 Å². The molecule has 10 heteroatoms. The second-order valence-corrected chi connectivity index (χ2v) is 10.5. The molecule has 2 atom stereocenters. The lowest BCUT2D eigenvalue weighted by molar-refractivity contribution is -0.870. The van der Waals surface area contributed by atoms with Crippen LogP contribution in [0.15, 0.2) is 0 Å². The highest BCUT2D eigenvalue weighted by Crippen LogP contribution is 2.38. The molecule has 32 heavy (non-hydrogen) atoms. The highest BCUT2D eigenvalue weighted by atomic mass is 31.2. The average molecular weight is 482 g/mol. The first-order chi connectivity index (χ1) is 14.9. The zero-order chi connectivity index (χ0) is 24.5. The molecule has 0 fully saturated rings. The van der Waals surface area contributed by atoms with E-state index >= 15 is 0 Å². The normalized spacial score (nSPS) is 14.6. The van der Waals surface area contributed by atoms with Gasteiger partial charge in [0.05, 0.1) is 27.7 Å². The van der Waals surface area contributed by atoms with E-state index in [0.717, 1.165) is 19.3 Å². The van der Waals surface area contributed by atoms with Crippen molar-refractivity contribution in [2.45, 2.75) is 84.2 Å². The van der Waals surface area contributed by atoms with Gasteiger partial charge in [-0.25, -0.2) is 0 Å². The van der Waals surface area contributed by atoms with Crippen molar-refractivity contribution in [3.05, 3.63) is 0 Å². The third-order valence-electron chi connectivity index (χ3n) is 4.69. The molecule has 0 amide bonds. The molecule has 0 N–H and O–H groups in total. The summed E-state index contributed by atoms with van der Waals surface area (Å²) in [5.41, 5.74) is 0. The number of rotatable bonds is 20. The Balaban J connectivity index is 4.27. The Bertz CT molecular complexity index is 565. The zero-order valence-electron chi connectivity index (χ0n) is 20.6. The number of carbonyl (C=O) groups is 2. The van der Waals surface area contributed by atoms with Crippen LogP contribution in [-0.4, -0.2) is 70.0 Å². The smallest absolute Gasteiger partial charge is 0.306 e. The Labute approximate surface area is 193 Å². The number of phosphoric ester groups is 1. The van der Waals surface area contributed by atoms with Crippen molar-refractivity contribution in [2.75, 3.05) is 47.5 Å². The molecular weight excluding hydrogens is 437 g/mol. The van der Waals surface area contributed by atoms with E-state index in [1.165, 1.54) is 39.0 Å². The fourth-order valence-corrected chi connectivity index (χ4v) is 3.52. The molecule has 9 nitrogen and oxygen atoms in total. The van der Waals surface area contributed by atoms with Gasteiger partial charge in [-0.2, -0.15) is 0 Å². The minimum atomic E-state index is -4.56. The van der Waals surface area contributed by atoms with E-state index in [9.17, 15) is 19.0 Å². The van der Waals surface area contributed by atoms with E-state index in [2.05, 4.69) is 6.92 Å². The Morgan fingerprint density at radius 3 is 2.00 bits per heavy atom. The maximum absolute atomic E-state index is 12.1. The maximum Gasteiger partial charge on any atom is 0.306 e. The fourth-order valence-electron chi connectivity index (χ4n) is 2.79. The predicted molar refractivity (Wildman–Crippen MR) is 121 cm³/mol. The van der Waals surface area contributed by atoms with Crippen LogP contribution < -0.4 is 4.89 Å². The molecular formula is C22H44NO8P. The lowest BCUT2D eigenvalue weighted by atomic mass is 10.1. The number of esters is 2. The van der Waals surface area contributed by atoms with Crippen molar-refractivity contribution in [1.82, 2.24) is 0 Å². The topological polar surface area (TPSA) is 111 Å². The molecule has 0 radical (unpaired) electrons. The summed E-state index contributed by atoms with van der Waals surface area (Å²) in [6.07, 6.45) is 9.36. The highest BCUT2D eigenvalue weighted by Gasteiger charge is 2.21. The van der Waals surface area contributed by atoms with Gasteiger partial charge in [-0.3, -0.25) is 14.2 Å². The van der Waals surface area contributed by atoms with Crippen LogP contribution in [0.1, 0.15) is 78.1 Å². The first kappa shape index (κ1) is 31.0. The van der Waals surface area contributed by atoms with Crippen molar-refractivity contribution < 1.29 is 42.1 Å². The lowest BCUT2D eigenvalue weighted by Gasteiger charge is -2.28. The monoisotopic (exact) mass is 481 g/mol. The summed E-state index contributed by atoms with van der Waals surface area (Å²) in [6, 6.07) is 0. The minimum absolute atomic E-state index is 0.0305. The summed E-state index contributed by atoms with van der Waals surface area (Å²) in [6.45, 7) is 3.11. The molecule has 0 saturated heterocycles. The average Bonchev–Trinajstić information content (AvgIpc) is 2.67. The van der Waals surface area contributed by atoms with Gasteiger partial charge < -0.3 is 27.9 Å². The fraction of sp³-hybridized carbons (Fsp3) is 0.909. The van der Waals surface area contributed by atoms with E-state index in [1.807, 2.05) is 21.1 Å². The van der Waals surface area contributed by atoms with Crippen LogP contribution >= 0.6 is 7.82 Å². The van der Waals surface area contributed by atoms with Gasteiger partial charge in [-0.15, -0.1) is 0 Å². The SMILES string of the molecule is CCCCCCCCCCCC(=O)OC(COC(C)=O)COP(=O)([O-])OCC[N+](C)(C)C. The maximum atomic E-state index is 12.1. The molecule has 0 aromatic rings. The van der Waals surface area contributed by atoms with Gasteiger partial charge in [0, 0.05) is 13.3 Å². The van der Waals surface area contributed by atoms with Crippen LogP contribution in [0.4, 0.5) is 0 Å². The highest BCUT2D eigenvalue weighted by molar-refractivity contribution is 7.45. The van der Waals surface area contributed by atoms with Crippen LogP contribution in [0.25, 0.3) is 0 Å². The Hall–Kier alpha value is -0.990. The summed E-state index contributed by atoms with van der Waals surface area (Å²) < 4.78 is 32.3. The molecule has 0 aromatic carbocycles. The van der Waals surface area contributed by atoms with Gasteiger partial charge in [0.2, 0.25) is 0 Å². The Morgan fingerprint density at radius 1 is 0.906 bits per heavy atom. The molecule has 0 aromatic heterocycles. The van der Waals surface area contributed by atoms with Gasteiger partial charge in [0.1, 0.15) is 19.8 Å². The molecule has 2 unspecified atom stereocenters. The minimum Gasteiger partial charge on any atom is -0.756 e. The molecule has 0 saturated carbocycles. The third-order valence-corrected chi connectivity index (χ3v) is 5.65. The predicted octanol–water partition coefficient (Wildman–Crippen LogP) is 3.59. The summed E-state index contributed by atoms with van der Waals surface area (Å²) >= 11 is 0. The summed E-state index contributed by atoms with van der Waals surface area (Å²) in [4.78, 5) is 35.1. The second-order valence-electron chi connectivity index (χ2n) is 9.08. The number of phosphoric acid groups is 1. The Kier molecular flexibility index (Phi) is 16.9. The molecule has 0 aliphatic carbocycles. The molecule has 0 heterocycles. The van der Waals surface area contributed by atoms with Gasteiger partial charge in [0.25, 0.3) is 7.82 Å².